The second kappa shape index (κ2) is 3.70. The van der Waals surface area contributed by atoms with Crippen LogP contribution in [0.3, 0.4) is 0 Å². The van der Waals surface area contributed by atoms with Gasteiger partial charge in [-0.25, -0.2) is 0 Å². The molecule has 3 nitrogen and oxygen atoms in total. The van der Waals surface area contributed by atoms with Crippen molar-refractivity contribution in [3.8, 4) is 11.3 Å². The number of aromatic amines is 1. The zero-order valence-electron chi connectivity index (χ0n) is 8.54. The van der Waals surface area contributed by atoms with Crippen LogP contribution in [0.5, 0.6) is 0 Å². The number of nitrogens with one attached hydrogen (secondary N) is 1. The molecule has 0 aliphatic rings. The minimum Gasteiger partial charge on any atom is -0.287 e. The lowest BCUT2D eigenvalue weighted by atomic mass is 10.1. The molecule has 0 aliphatic heterocycles. The number of benzene rings is 1. The molecule has 78 valence electrons. The minimum absolute atomic E-state index is 0.0347. The Morgan fingerprint density at radius 1 is 1.40 bits per heavy atom. The Labute approximate surface area is 95.9 Å². The van der Waals surface area contributed by atoms with E-state index in [-0.39, 0.29) is 5.56 Å². The maximum absolute atomic E-state index is 11.4. The summed E-state index contributed by atoms with van der Waals surface area (Å²) in [7, 11) is 1.84. The quantitative estimate of drug-likeness (QED) is 0.846. The van der Waals surface area contributed by atoms with E-state index in [1.807, 2.05) is 38.2 Å². The lowest BCUT2D eigenvalue weighted by molar-refractivity contribution is 0.764. The predicted molar refractivity (Wildman–Crippen MR) is 63.9 cm³/mol. The largest absolute Gasteiger partial charge is 0.287 e. The van der Waals surface area contributed by atoms with Crippen LogP contribution >= 0.6 is 15.9 Å². The van der Waals surface area contributed by atoms with Crippen LogP contribution in [0.15, 0.2) is 33.5 Å². The Morgan fingerprint density at radius 3 is 2.67 bits per heavy atom. The summed E-state index contributed by atoms with van der Waals surface area (Å²) < 4.78 is 2.76. The molecule has 4 heteroatoms. The minimum atomic E-state index is -0.0347. The summed E-state index contributed by atoms with van der Waals surface area (Å²) in [5, 5.41) is 2.74. The molecular formula is C11H11BrN2O. The molecule has 0 amide bonds. The molecule has 1 aromatic heterocycles. The number of nitrogens with zero attached hydrogens (tertiary/aromatic N) is 1. The summed E-state index contributed by atoms with van der Waals surface area (Å²) in [6.45, 7) is 1.83. The number of rotatable bonds is 1. The Kier molecular flexibility index (Phi) is 2.52. The van der Waals surface area contributed by atoms with E-state index >= 15 is 0 Å². The van der Waals surface area contributed by atoms with Crippen LogP contribution in [-0.4, -0.2) is 9.78 Å². The van der Waals surface area contributed by atoms with Crippen LogP contribution in [0, 0.1) is 6.92 Å². The zero-order valence-corrected chi connectivity index (χ0v) is 10.1. The molecule has 0 aliphatic carbocycles. The molecule has 0 saturated heterocycles. The molecule has 0 bridgehead atoms. The summed E-state index contributed by atoms with van der Waals surface area (Å²) in [5.74, 6) is 0. The number of halogens is 1. The van der Waals surface area contributed by atoms with Crippen LogP contribution < -0.4 is 5.56 Å². The Morgan fingerprint density at radius 2 is 2.13 bits per heavy atom. The zero-order chi connectivity index (χ0) is 11.0. The first-order valence-corrected chi connectivity index (χ1v) is 5.40. The average Bonchev–Trinajstić information content (AvgIpc) is 2.41. The van der Waals surface area contributed by atoms with Gasteiger partial charge in [0.2, 0.25) is 0 Å². The molecule has 0 atom stereocenters. The van der Waals surface area contributed by atoms with E-state index in [1.165, 1.54) is 0 Å². The van der Waals surface area contributed by atoms with Gasteiger partial charge in [-0.1, -0.05) is 28.1 Å². The Balaban J connectivity index is 2.69. The molecule has 0 fully saturated rings. The topological polar surface area (TPSA) is 37.8 Å². The maximum Gasteiger partial charge on any atom is 0.267 e. The molecule has 0 spiro atoms. The third-order valence-electron chi connectivity index (χ3n) is 2.40. The maximum atomic E-state index is 11.4. The molecule has 0 saturated carbocycles. The monoisotopic (exact) mass is 266 g/mol. The van der Waals surface area contributed by atoms with Crippen LogP contribution in [0.25, 0.3) is 11.3 Å². The summed E-state index contributed by atoms with van der Waals surface area (Å²) in [6.07, 6.45) is 0. The number of hydrogen-bond donors (Lipinski definition) is 1. The smallest absolute Gasteiger partial charge is 0.267 e. The van der Waals surface area contributed by atoms with E-state index in [2.05, 4.69) is 21.0 Å². The van der Waals surface area contributed by atoms with Crippen molar-refractivity contribution in [1.29, 1.82) is 0 Å². The average molecular weight is 267 g/mol. The molecule has 2 rings (SSSR count). The van der Waals surface area contributed by atoms with Gasteiger partial charge in [0.25, 0.3) is 5.56 Å². The first-order valence-electron chi connectivity index (χ1n) is 4.61. The Hall–Kier alpha value is -1.29. The fraction of sp³-hybridized carbons (Fsp3) is 0.182. The van der Waals surface area contributed by atoms with E-state index in [1.54, 1.807) is 4.68 Å². The fourth-order valence-electron chi connectivity index (χ4n) is 1.70. The molecule has 0 radical (unpaired) electrons. The highest BCUT2D eigenvalue weighted by Gasteiger charge is 2.10. The van der Waals surface area contributed by atoms with Gasteiger partial charge < -0.3 is 0 Å². The summed E-state index contributed by atoms with van der Waals surface area (Å²) >= 11 is 3.42. The second-order valence-corrected chi connectivity index (χ2v) is 4.40. The van der Waals surface area contributed by atoms with Crippen molar-refractivity contribution in [2.45, 2.75) is 6.92 Å². The highest BCUT2D eigenvalue weighted by Crippen LogP contribution is 2.23. The van der Waals surface area contributed by atoms with Gasteiger partial charge in [-0.15, -0.1) is 0 Å². The van der Waals surface area contributed by atoms with Gasteiger partial charge in [0.1, 0.15) is 0 Å². The number of H-pyrrole nitrogens is 1. The van der Waals surface area contributed by atoms with Gasteiger partial charge in [0.15, 0.2) is 0 Å². The number of aromatic nitrogens is 2. The van der Waals surface area contributed by atoms with Crippen molar-refractivity contribution in [3.05, 3.63) is 44.7 Å². The standard InChI is InChI=1S/C11H11BrN2O/c1-7-10(14(2)13-11(7)15)8-4-3-5-9(12)6-8/h3-6H,1-2H3,(H,13,15). The molecule has 0 unspecified atom stereocenters. The van der Waals surface area contributed by atoms with Crippen LogP contribution in [0.4, 0.5) is 0 Å². The van der Waals surface area contributed by atoms with Gasteiger partial charge in [-0.05, 0) is 19.1 Å². The molecule has 1 heterocycles. The third kappa shape index (κ3) is 1.77. The first kappa shape index (κ1) is 10.2. The van der Waals surface area contributed by atoms with Crippen molar-refractivity contribution in [2.24, 2.45) is 7.05 Å². The van der Waals surface area contributed by atoms with Crippen molar-refractivity contribution >= 4 is 15.9 Å². The van der Waals surface area contributed by atoms with Gasteiger partial charge in [-0.2, -0.15) is 0 Å². The van der Waals surface area contributed by atoms with Gasteiger partial charge in [-0.3, -0.25) is 14.6 Å². The number of aryl methyl sites for hydroxylation is 1. The normalized spacial score (nSPS) is 10.6. The predicted octanol–water partition coefficient (Wildman–Crippen LogP) is 2.45. The molecular weight excluding hydrogens is 256 g/mol. The van der Waals surface area contributed by atoms with Crippen LogP contribution in [-0.2, 0) is 7.05 Å². The highest BCUT2D eigenvalue weighted by atomic mass is 79.9. The molecule has 15 heavy (non-hydrogen) atoms. The summed E-state index contributed by atoms with van der Waals surface area (Å²) in [6, 6.07) is 7.90. The van der Waals surface area contributed by atoms with Crippen LogP contribution in [0.1, 0.15) is 5.56 Å². The lowest BCUT2D eigenvalue weighted by Gasteiger charge is -2.04. The van der Waals surface area contributed by atoms with E-state index < -0.39 is 0 Å². The summed E-state index contributed by atoms with van der Waals surface area (Å²) in [5.41, 5.74) is 2.67. The van der Waals surface area contributed by atoms with Crippen molar-refractivity contribution in [1.82, 2.24) is 9.78 Å². The SMILES string of the molecule is Cc1c(-c2cccc(Br)c2)n(C)[nH]c1=O. The first-order chi connectivity index (χ1) is 7.09. The molecule has 1 N–H and O–H groups in total. The molecule has 1 aromatic carbocycles. The summed E-state index contributed by atoms with van der Waals surface area (Å²) in [4.78, 5) is 11.4. The van der Waals surface area contributed by atoms with E-state index in [9.17, 15) is 4.79 Å². The highest BCUT2D eigenvalue weighted by molar-refractivity contribution is 9.10. The Bertz CT molecular complexity index is 554. The van der Waals surface area contributed by atoms with E-state index in [0.29, 0.717) is 0 Å². The van der Waals surface area contributed by atoms with Crippen molar-refractivity contribution in [2.75, 3.05) is 0 Å². The van der Waals surface area contributed by atoms with Gasteiger partial charge in [0.05, 0.1) is 5.69 Å². The fourth-order valence-corrected chi connectivity index (χ4v) is 2.10. The van der Waals surface area contributed by atoms with E-state index in [4.69, 9.17) is 0 Å². The van der Waals surface area contributed by atoms with E-state index in [0.717, 1.165) is 21.3 Å². The van der Waals surface area contributed by atoms with Gasteiger partial charge >= 0.3 is 0 Å². The van der Waals surface area contributed by atoms with Crippen molar-refractivity contribution in [3.63, 3.8) is 0 Å². The lowest BCUT2D eigenvalue weighted by Crippen LogP contribution is -2.03. The molecule has 2 aromatic rings. The van der Waals surface area contributed by atoms with Gasteiger partial charge in [0, 0.05) is 22.6 Å². The second-order valence-electron chi connectivity index (χ2n) is 3.48. The van der Waals surface area contributed by atoms with Crippen molar-refractivity contribution < 1.29 is 0 Å². The third-order valence-corrected chi connectivity index (χ3v) is 2.89. The number of hydrogen-bond acceptors (Lipinski definition) is 1. The van der Waals surface area contributed by atoms with Crippen LogP contribution in [0.2, 0.25) is 0 Å².